The van der Waals surface area contributed by atoms with E-state index >= 15 is 0 Å². The van der Waals surface area contributed by atoms with Crippen LogP contribution in [0.5, 0.6) is 0 Å². The van der Waals surface area contributed by atoms with Gasteiger partial charge in [0.25, 0.3) is 0 Å². The molecule has 2 fully saturated rings. The first-order valence-corrected chi connectivity index (χ1v) is 14.4. The fraction of sp³-hybridized carbons (Fsp3) is 0.552. The standard InChI is InChI=1S/C29H36BrN3O6/c1-14-8-9-29(16(3)10-15(2)27(39-29)17(4)26(34)20-11-18(30)13-32-20)38-22(14)12-23-33-25-21(37-23)7-6-19(31-5)24(25)28(35)36/h6-7,11,13-17,22,27,31-32H,8-10,12H2,1-5H3,(H,35,36). The number of aromatic carboxylic acids is 1. The summed E-state index contributed by atoms with van der Waals surface area (Å²) >= 11 is 3.41. The van der Waals surface area contributed by atoms with Crippen LogP contribution in [0.25, 0.3) is 11.1 Å². The summed E-state index contributed by atoms with van der Waals surface area (Å²) in [5.74, 6) is -1.21. The molecule has 0 radical (unpaired) electrons. The maximum absolute atomic E-state index is 13.3. The van der Waals surface area contributed by atoms with E-state index in [0.29, 0.717) is 34.8 Å². The minimum atomic E-state index is -1.06. The number of hydrogen-bond donors (Lipinski definition) is 3. The van der Waals surface area contributed by atoms with E-state index < -0.39 is 11.8 Å². The second-order valence-electron chi connectivity index (χ2n) is 11.3. The van der Waals surface area contributed by atoms with Gasteiger partial charge in [-0.2, -0.15) is 0 Å². The van der Waals surface area contributed by atoms with Crippen molar-refractivity contribution >= 4 is 44.5 Å². The van der Waals surface area contributed by atoms with E-state index in [4.69, 9.17) is 13.9 Å². The smallest absolute Gasteiger partial charge is 0.340 e. The highest BCUT2D eigenvalue weighted by atomic mass is 79.9. The van der Waals surface area contributed by atoms with E-state index in [2.05, 4.69) is 52.0 Å². The monoisotopic (exact) mass is 601 g/mol. The van der Waals surface area contributed by atoms with Gasteiger partial charge < -0.3 is 29.3 Å². The number of anilines is 1. The van der Waals surface area contributed by atoms with Crippen LogP contribution in [0.1, 0.15) is 73.7 Å². The number of rotatable bonds is 7. The molecule has 39 heavy (non-hydrogen) atoms. The van der Waals surface area contributed by atoms with Crippen molar-refractivity contribution in [1.29, 1.82) is 0 Å². The minimum Gasteiger partial charge on any atom is -0.478 e. The molecule has 2 aromatic heterocycles. The topological polar surface area (TPSA) is 127 Å². The molecule has 5 rings (SSSR count). The highest BCUT2D eigenvalue weighted by Crippen LogP contribution is 2.48. The molecule has 210 valence electrons. The molecule has 1 aromatic carbocycles. The number of benzene rings is 1. The molecule has 0 bridgehead atoms. The molecule has 7 atom stereocenters. The fourth-order valence-corrected chi connectivity index (χ4v) is 6.64. The summed E-state index contributed by atoms with van der Waals surface area (Å²) in [6.07, 6.45) is 4.16. The number of carboxylic acids is 1. The maximum Gasteiger partial charge on any atom is 0.340 e. The maximum atomic E-state index is 13.3. The SMILES string of the molecule is CNc1ccc2oc(CC3OC4(CCC3C)OC(C(C)C(=O)c3cc(Br)c[nH]3)C(C)CC4C)nc2c1C(=O)O. The number of nitrogens with one attached hydrogen (secondary N) is 2. The summed E-state index contributed by atoms with van der Waals surface area (Å²) in [5, 5.41) is 12.7. The Morgan fingerprint density at radius 2 is 2.03 bits per heavy atom. The number of hydrogen-bond acceptors (Lipinski definition) is 7. The summed E-state index contributed by atoms with van der Waals surface area (Å²) in [7, 11) is 1.68. The zero-order valence-corrected chi connectivity index (χ0v) is 24.5. The van der Waals surface area contributed by atoms with Crippen LogP contribution in [-0.4, -0.2) is 51.9 Å². The number of Topliss-reactive ketones (excluding diaryl/α,β-unsaturated/α-hetero) is 1. The van der Waals surface area contributed by atoms with Crippen LogP contribution < -0.4 is 5.32 Å². The molecular weight excluding hydrogens is 566 g/mol. The Morgan fingerprint density at radius 3 is 2.69 bits per heavy atom. The van der Waals surface area contributed by atoms with Gasteiger partial charge >= 0.3 is 5.97 Å². The Hall–Kier alpha value is -2.69. The van der Waals surface area contributed by atoms with Crippen molar-refractivity contribution in [3.05, 3.63) is 46.0 Å². The third kappa shape index (κ3) is 5.14. The molecule has 3 N–H and O–H groups in total. The van der Waals surface area contributed by atoms with Crippen molar-refractivity contribution in [2.75, 3.05) is 12.4 Å². The first-order chi connectivity index (χ1) is 18.5. The van der Waals surface area contributed by atoms with Crippen LogP contribution in [0.4, 0.5) is 5.69 Å². The zero-order chi connectivity index (χ0) is 28.1. The number of H-pyrrole nitrogens is 1. The first-order valence-electron chi connectivity index (χ1n) is 13.6. The highest BCUT2D eigenvalue weighted by molar-refractivity contribution is 9.10. The van der Waals surface area contributed by atoms with Crippen molar-refractivity contribution in [2.45, 2.75) is 71.4 Å². The summed E-state index contributed by atoms with van der Waals surface area (Å²) < 4.78 is 20.4. The summed E-state index contributed by atoms with van der Waals surface area (Å²) in [5.41, 5.74) is 1.89. The molecule has 9 nitrogen and oxygen atoms in total. The van der Waals surface area contributed by atoms with E-state index in [0.717, 1.165) is 23.7 Å². The highest BCUT2D eigenvalue weighted by Gasteiger charge is 2.52. The van der Waals surface area contributed by atoms with Crippen LogP contribution in [0.3, 0.4) is 0 Å². The molecule has 0 aliphatic carbocycles. The Labute approximate surface area is 236 Å². The number of ether oxygens (including phenoxy) is 2. The molecule has 3 aromatic rings. The van der Waals surface area contributed by atoms with E-state index in [1.54, 1.807) is 31.4 Å². The average Bonchev–Trinajstić information content (AvgIpc) is 3.52. The van der Waals surface area contributed by atoms with Crippen LogP contribution >= 0.6 is 15.9 Å². The van der Waals surface area contributed by atoms with Crippen molar-refractivity contribution < 1.29 is 28.6 Å². The van der Waals surface area contributed by atoms with Gasteiger partial charge in [0.2, 0.25) is 0 Å². The van der Waals surface area contributed by atoms with Crippen LogP contribution in [0, 0.1) is 23.7 Å². The predicted octanol–water partition coefficient (Wildman–Crippen LogP) is 6.29. The number of oxazole rings is 1. The van der Waals surface area contributed by atoms with Crippen LogP contribution in [0.2, 0.25) is 0 Å². The molecule has 1 spiro atoms. The van der Waals surface area contributed by atoms with Crippen LogP contribution in [-0.2, 0) is 15.9 Å². The van der Waals surface area contributed by atoms with Gasteiger partial charge in [-0.3, -0.25) is 4.79 Å². The number of carbonyl (C=O) groups is 2. The van der Waals surface area contributed by atoms with Gasteiger partial charge in [-0.15, -0.1) is 0 Å². The Morgan fingerprint density at radius 1 is 1.26 bits per heavy atom. The van der Waals surface area contributed by atoms with Crippen molar-refractivity contribution in [2.24, 2.45) is 23.7 Å². The normalized spacial score (nSPS) is 29.9. The second kappa shape index (κ2) is 10.7. The molecule has 2 saturated heterocycles. The lowest BCUT2D eigenvalue weighted by Gasteiger charge is -2.53. The number of carboxylic acid groups (broad SMARTS) is 1. The summed E-state index contributed by atoms with van der Waals surface area (Å²) in [6, 6.07) is 5.22. The molecule has 4 heterocycles. The van der Waals surface area contributed by atoms with Crippen molar-refractivity contribution in [1.82, 2.24) is 9.97 Å². The third-order valence-corrected chi connectivity index (χ3v) is 9.05. The molecule has 10 heteroatoms. The van der Waals surface area contributed by atoms with Gasteiger partial charge in [0, 0.05) is 36.0 Å². The quantitative estimate of drug-likeness (QED) is 0.269. The van der Waals surface area contributed by atoms with Crippen molar-refractivity contribution in [3.8, 4) is 0 Å². The van der Waals surface area contributed by atoms with Gasteiger partial charge in [-0.1, -0.05) is 27.7 Å². The predicted molar refractivity (Wildman–Crippen MR) is 150 cm³/mol. The number of carbonyl (C=O) groups excluding carboxylic acids is 1. The molecule has 0 amide bonds. The number of ketones is 1. The second-order valence-corrected chi connectivity index (χ2v) is 12.2. The molecule has 2 aliphatic rings. The number of aromatic nitrogens is 2. The van der Waals surface area contributed by atoms with Gasteiger partial charge in [0.05, 0.1) is 30.0 Å². The van der Waals surface area contributed by atoms with Gasteiger partial charge in [-0.05, 0) is 58.8 Å². The lowest BCUT2D eigenvalue weighted by molar-refractivity contribution is -0.355. The van der Waals surface area contributed by atoms with E-state index in [1.807, 2.05) is 6.92 Å². The van der Waals surface area contributed by atoms with Gasteiger partial charge in [-0.25, -0.2) is 9.78 Å². The molecule has 0 saturated carbocycles. The summed E-state index contributed by atoms with van der Waals surface area (Å²) in [4.78, 5) is 32.8. The number of nitrogens with zero attached hydrogens (tertiary/aromatic N) is 1. The van der Waals surface area contributed by atoms with Gasteiger partial charge in [0.1, 0.15) is 11.1 Å². The van der Waals surface area contributed by atoms with Crippen LogP contribution in [0.15, 0.2) is 33.3 Å². The number of halogens is 1. The largest absolute Gasteiger partial charge is 0.478 e. The Kier molecular flexibility index (Phi) is 7.65. The summed E-state index contributed by atoms with van der Waals surface area (Å²) in [6.45, 7) is 8.38. The fourth-order valence-electron chi connectivity index (χ4n) is 6.30. The lowest BCUT2D eigenvalue weighted by Crippen LogP contribution is -2.58. The lowest BCUT2D eigenvalue weighted by atomic mass is 9.75. The van der Waals surface area contributed by atoms with E-state index in [1.165, 1.54) is 0 Å². The molecular formula is C29H36BrN3O6. The number of aromatic amines is 1. The Bertz CT molecular complexity index is 1380. The molecule has 7 unspecified atom stereocenters. The molecule has 2 aliphatic heterocycles. The van der Waals surface area contributed by atoms with Gasteiger partial charge in [0.15, 0.2) is 23.0 Å². The van der Waals surface area contributed by atoms with Crippen molar-refractivity contribution in [3.63, 3.8) is 0 Å². The van der Waals surface area contributed by atoms with E-state index in [-0.39, 0.29) is 47.2 Å². The first kappa shape index (κ1) is 27.9. The minimum absolute atomic E-state index is 0.0182. The average molecular weight is 603 g/mol. The van der Waals surface area contributed by atoms with E-state index in [9.17, 15) is 14.7 Å². The third-order valence-electron chi connectivity index (χ3n) is 8.59. The zero-order valence-electron chi connectivity index (χ0n) is 22.9. The number of fused-ring (bicyclic) bond motifs is 1. The Balaban J connectivity index is 1.38.